The van der Waals surface area contributed by atoms with Crippen LogP contribution in [-0.2, 0) is 0 Å². The van der Waals surface area contributed by atoms with E-state index in [1.165, 1.54) is 23.1 Å². The first kappa shape index (κ1) is 14.5. The SMILES string of the molecule is O=C(CSc1nnc(-c2ccccc2)o1)c1ccc(Br)s1. The van der Waals surface area contributed by atoms with Crippen LogP contribution in [0.5, 0.6) is 0 Å². The lowest BCUT2D eigenvalue weighted by Crippen LogP contribution is -1.98. The normalized spacial score (nSPS) is 10.7. The average molecular weight is 381 g/mol. The molecule has 0 saturated carbocycles. The number of benzene rings is 1. The summed E-state index contributed by atoms with van der Waals surface area (Å²) in [6, 6.07) is 13.2. The number of hydrogen-bond donors (Lipinski definition) is 0. The number of halogens is 1. The van der Waals surface area contributed by atoms with Crippen molar-refractivity contribution >= 4 is 44.8 Å². The summed E-state index contributed by atoms with van der Waals surface area (Å²) in [7, 11) is 0. The summed E-state index contributed by atoms with van der Waals surface area (Å²) in [6.45, 7) is 0. The number of aromatic nitrogens is 2. The fraction of sp³-hybridized carbons (Fsp3) is 0.0714. The molecule has 0 atom stereocenters. The summed E-state index contributed by atoms with van der Waals surface area (Å²) in [5, 5.41) is 8.34. The maximum absolute atomic E-state index is 12.0. The van der Waals surface area contributed by atoms with Gasteiger partial charge in [-0.15, -0.1) is 21.5 Å². The molecule has 7 heteroatoms. The number of rotatable bonds is 5. The fourth-order valence-corrected chi connectivity index (χ4v) is 3.69. The summed E-state index contributed by atoms with van der Waals surface area (Å²) < 4.78 is 6.49. The predicted octanol–water partition coefficient (Wildman–Crippen LogP) is 4.54. The second-order valence-corrected chi connectivity index (χ2v) is 7.44. The Balaban J connectivity index is 1.64. The number of thiophene rings is 1. The van der Waals surface area contributed by atoms with Gasteiger partial charge in [0.15, 0.2) is 5.78 Å². The third kappa shape index (κ3) is 3.61. The van der Waals surface area contributed by atoms with Gasteiger partial charge in [-0.1, -0.05) is 30.0 Å². The first-order valence-electron chi connectivity index (χ1n) is 6.02. The van der Waals surface area contributed by atoms with E-state index in [0.717, 1.165) is 14.2 Å². The Morgan fingerprint density at radius 2 is 2.00 bits per heavy atom. The Hall–Kier alpha value is -1.44. The molecule has 21 heavy (non-hydrogen) atoms. The molecule has 106 valence electrons. The van der Waals surface area contributed by atoms with Crippen LogP contribution in [0, 0.1) is 0 Å². The Labute approximate surface area is 137 Å². The van der Waals surface area contributed by atoms with Crippen LogP contribution in [-0.4, -0.2) is 21.7 Å². The van der Waals surface area contributed by atoms with Crippen molar-refractivity contribution < 1.29 is 9.21 Å². The second kappa shape index (κ2) is 6.55. The molecule has 0 amide bonds. The van der Waals surface area contributed by atoms with Gasteiger partial charge < -0.3 is 4.42 Å². The van der Waals surface area contributed by atoms with Gasteiger partial charge in [-0.05, 0) is 40.2 Å². The van der Waals surface area contributed by atoms with Gasteiger partial charge in [0.25, 0.3) is 5.22 Å². The largest absolute Gasteiger partial charge is 0.411 e. The highest BCUT2D eigenvalue weighted by atomic mass is 79.9. The number of Topliss-reactive ketones (excluding diaryl/α,β-unsaturated/α-hetero) is 1. The monoisotopic (exact) mass is 380 g/mol. The van der Waals surface area contributed by atoms with Crippen molar-refractivity contribution in [3.63, 3.8) is 0 Å². The van der Waals surface area contributed by atoms with E-state index in [4.69, 9.17) is 4.42 Å². The molecule has 3 rings (SSSR count). The molecule has 0 unspecified atom stereocenters. The highest BCUT2D eigenvalue weighted by molar-refractivity contribution is 9.11. The second-order valence-electron chi connectivity index (χ2n) is 4.05. The highest BCUT2D eigenvalue weighted by Gasteiger charge is 2.13. The minimum atomic E-state index is 0.0511. The van der Waals surface area contributed by atoms with Crippen molar-refractivity contribution in [2.24, 2.45) is 0 Å². The molecule has 0 spiro atoms. The molecule has 0 aliphatic heterocycles. The van der Waals surface area contributed by atoms with Crippen molar-refractivity contribution in [2.75, 3.05) is 5.75 Å². The van der Waals surface area contributed by atoms with Crippen LogP contribution in [0.3, 0.4) is 0 Å². The molecule has 2 aromatic heterocycles. The standard InChI is InChI=1S/C14H9BrN2O2S2/c15-12-7-6-11(21-12)10(18)8-20-14-17-16-13(19-14)9-4-2-1-3-5-9/h1-7H,8H2. The van der Waals surface area contributed by atoms with Crippen molar-refractivity contribution in [2.45, 2.75) is 5.22 Å². The van der Waals surface area contributed by atoms with Crippen LogP contribution < -0.4 is 0 Å². The van der Waals surface area contributed by atoms with Crippen LogP contribution >= 0.6 is 39.0 Å². The smallest absolute Gasteiger partial charge is 0.277 e. The molecule has 0 radical (unpaired) electrons. The molecule has 0 fully saturated rings. The van der Waals surface area contributed by atoms with E-state index in [1.807, 2.05) is 36.4 Å². The quantitative estimate of drug-likeness (QED) is 0.480. The minimum Gasteiger partial charge on any atom is -0.411 e. The summed E-state index contributed by atoms with van der Waals surface area (Å²) in [5.41, 5.74) is 0.866. The summed E-state index contributed by atoms with van der Waals surface area (Å²) >= 11 is 6.01. The third-order valence-corrected chi connectivity index (χ3v) is 5.09. The molecule has 3 aromatic rings. The zero-order valence-corrected chi connectivity index (χ0v) is 13.9. The molecule has 2 heterocycles. The molecule has 0 aliphatic rings. The van der Waals surface area contributed by atoms with Crippen molar-refractivity contribution in [1.29, 1.82) is 0 Å². The van der Waals surface area contributed by atoms with Gasteiger partial charge >= 0.3 is 0 Å². The van der Waals surface area contributed by atoms with Gasteiger partial charge in [0.05, 0.1) is 14.4 Å². The number of carbonyl (C=O) groups excluding carboxylic acids is 1. The Bertz CT molecular complexity index is 755. The number of carbonyl (C=O) groups is 1. The molecule has 0 aliphatic carbocycles. The van der Waals surface area contributed by atoms with Gasteiger partial charge in [0.1, 0.15) is 0 Å². The topological polar surface area (TPSA) is 56.0 Å². The number of thioether (sulfide) groups is 1. The highest BCUT2D eigenvalue weighted by Crippen LogP contribution is 2.26. The molecule has 4 nitrogen and oxygen atoms in total. The van der Waals surface area contributed by atoms with Crippen molar-refractivity contribution in [3.05, 3.63) is 51.1 Å². The van der Waals surface area contributed by atoms with E-state index < -0.39 is 0 Å². The van der Waals surface area contributed by atoms with Crippen molar-refractivity contribution in [3.8, 4) is 11.5 Å². The number of ketones is 1. The first-order chi connectivity index (χ1) is 10.2. The number of nitrogens with zero attached hydrogens (tertiary/aromatic N) is 2. The zero-order chi connectivity index (χ0) is 14.7. The Morgan fingerprint density at radius 3 is 2.71 bits per heavy atom. The van der Waals surface area contributed by atoms with Gasteiger partial charge in [-0.2, -0.15) is 0 Å². The van der Waals surface area contributed by atoms with Gasteiger partial charge in [-0.25, -0.2) is 0 Å². The van der Waals surface area contributed by atoms with Crippen LogP contribution in [0.15, 0.2) is 55.9 Å². The van der Waals surface area contributed by atoms with E-state index in [1.54, 1.807) is 6.07 Å². The van der Waals surface area contributed by atoms with Crippen LogP contribution in [0.4, 0.5) is 0 Å². The Morgan fingerprint density at radius 1 is 1.19 bits per heavy atom. The van der Waals surface area contributed by atoms with Crippen LogP contribution in [0.2, 0.25) is 0 Å². The van der Waals surface area contributed by atoms with Gasteiger partial charge in [0.2, 0.25) is 5.89 Å². The maximum Gasteiger partial charge on any atom is 0.277 e. The molecule has 0 bridgehead atoms. The van der Waals surface area contributed by atoms with E-state index >= 15 is 0 Å². The first-order valence-corrected chi connectivity index (χ1v) is 8.62. The molecule has 0 saturated heterocycles. The molecule has 1 aromatic carbocycles. The lowest BCUT2D eigenvalue weighted by atomic mass is 10.2. The summed E-state index contributed by atoms with van der Waals surface area (Å²) in [6.07, 6.45) is 0. The lowest BCUT2D eigenvalue weighted by molar-refractivity contribution is 0.102. The zero-order valence-electron chi connectivity index (χ0n) is 10.7. The fourth-order valence-electron chi connectivity index (χ4n) is 1.63. The maximum atomic E-state index is 12.0. The average Bonchev–Trinajstić information content (AvgIpc) is 3.15. The van der Waals surface area contributed by atoms with Crippen LogP contribution in [0.25, 0.3) is 11.5 Å². The van der Waals surface area contributed by atoms with E-state index in [0.29, 0.717) is 11.1 Å². The van der Waals surface area contributed by atoms with Gasteiger partial charge in [-0.3, -0.25) is 4.79 Å². The van der Waals surface area contributed by atoms with E-state index in [-0.39, 0.29) is 11.5 Å². The van der Waals surface area contributed by atoms with Gasteiger partial charge in [0, 0.05) is 5.56 Å². The lowest BCUT2D eigenvalue weighted by Gasteiger charge is -1.94. The summed E-state index contributed by atoms with van der Waals surface area (Å²) in [4.78, 5) is 12.7. The van der Waals surface area contributed by atoms with E-state index in [2.05, 4.69) is 26.1 Å². The van der Waals surface area contributed by atoms with E-state index in [9.17, 15) is 4.79 Å². The van der Waals surface area contributed by atoms with Crippen LogP contribution in [0.1, 0.15) is 9.67 Å². The summed E-state index contributed by atoms with van der Waals surface area (Å²) in [5.74, 6) is 0.795. The number of hydrogen-bond acceptors (Lipinski definition) is 6. The molecular weight excluding hydrogens is 372 g/mol. The van der Waals surface area contributed by atoms with Crippen molar-refractivity contribution in [1.82, 2.24) is 10.2 Å². The molecular formula is C14H9BrN2O2S2. The minimum absolute atomic E-state index is 0.0511. The molecule has 0 N–H and O–H groups in total. The predicted molar refractivity (Wildman–Crippen MR) is 86.8 cm³/mol. The third-order valence-electron chi connectivity index (χ3n) is 2.60. The Kier molecular flexibility index (Phi) is 4.52.